The van der Waals surface area contributed by atoms with Gasteiger partial charge in [0.2, 0.25) is 5.90 Å². The fourth-order valence-corrected chi connectivity index (χ4v) is 3.28. The van der Waals surface area contributed by atoms with E-state index < -0.39 is 5.97 Å². The Labute approximate surface area is 177 Å². The highest BCUT2D eigenvalue weighted by atomic mass is 79.9. The number of aliphatic imine (C=N–C) groups is 1. The van der Waals surface area contributed by atoms with E-state index in [1.165, 1.54) is 5.56 Å². The first-order chi connectivity index (χ1) is 14.1. The second-order valence-corrected chi connectivity index (χ2v) is 7.51. The number of nitrogens with zero attached hydrogens (tertiary/aromatic N) is 1. The standard InChI is InChI=1S/C24H18BrNO3/c1-16-6-8-18(9-7-16)15-28-19-12-10-17(11-13-19)14-22-24(27)29-23(26-22)20-4-2-3-5-21(20)25/h2-14H,15H2,1H3/b22-14-. The van der Waals surface area contributed by atoms with Crippen molar-refractivity contribution in [3.63, 3.8) is 0 Å². The van der Waals surface area contributed by atoms with E-state index in [1.807, 2.05) is 48.5 Å². The highest BCUT2D eigenvalue weighted by molar-refractivity contribution is 9.10. The fraction of sp³-hybridized carbons (Fsp3) is 0.0833. The van der Waals surface area contributed by atoms with Gasteiger partial charge in [-0.25, -0.2) is 9.79 Å². The highest BCUT2D eigenvalue weighted by Crippen LogP contribution is 2.24. The van der Waals surface area contributed by atoms with Crippen LogP contribution in [0.15, 0.2) is 88.0 Å². The zero-order valence-electron chi connectivity index (χ0n) is 15.8. The van der Waals surface area contributed by atoms with Crippen molar-refractivity contribution in [2.24, 2.45) is 4.99 Å². The Morgan fingerprint density at radius 1 is 1.00 bits per heavy atom. The van der Waals surface area contributed by atoms with Crippen molar-refractivity contribution < 1.29 is 14.3 Å². The highest BCUT2D eigenvalue weighted by Gasteiger charge is 2.25. The molecule has 0 spiro atoms. The summed E-state index contributed by atoms with van der Waals surface area (Å²) in [6, 6.07) is 23.3. The van der Waals surface area contributed by atoms with Crippen LogP contribution < -0.4 is 4.74 Å². The van der Waals surface area contributed by atoms with Gasteiger partial charge in [-0.2, -0.15) is 0 Å². The van der Waals surface area contributed by atoms with Gasteiger partial charge in [-0.05, 0) is 64.3 Å². The molecule has 0 atom stereocenters. The van der Waals surface area contributed by atoms with Crippen LogP contribution in [0.25, 0.3) is 6.08 Å². The van der Waals surface area contributed by atoms with Gasteiger partial charge in [-0.3, -0.25) is 0 Å². The lowest BCUT2D eigenvalue weighted by molar-refractivity contribution is -0.129. The van der Waals surface area contributed by atoms with Crippen molar-refractivity contribution >= 4 is 33.9 Å². The first-order valence-corrected chi connectivity index (χ1v) is 9.94. The number of hydrogen-bond donors (Lipinski definition) is 0. The molecule has 0 amide bonds. The van der Waals surface area contributed by atoms with Gasteiger partial charge >= 0.3 is 5.97 Å². The number of hydrogen-bond acceptors (Lipinski definition) is 4. The Morgan fingerprint density at radius 2 is 1.72 bits per heavy atom. The maximum absolute atomic E-state index is 12.2. The summed E-state index contributed by atoms with van der Waals surface area (Å²) in [7, 11) is 0. The lowest BCUT2D eigenvalue weighted by atomic mass is 10.1. The maximum atomic E-state index is 12.2. The molecule has 5 heteroatoms. The molecular formula is C24H18BrNO3. The summed E-state index contributed by atoms with van der Waals surface area (Å²) in [6.45, 7) is 2.57. The average Bonchev–Trinajstić information content (AvgIpc) is 3.09. The van der Waals surface area contributed by atoms with Crippen molar-refractivity contribution in [2.45, 2.75) is 13.5 Å². The number of rotatable bonds is 5. The maximum Gasteiger partial charge on any atom is 0.363 e. The van der Waals surface area contributed by atoms with Crippen molar-refractivity contribution in [3.05, 3.63) is 105 Å². The van der Waals surface area contributed by atoms with Crippen LogP contribution in [-0.4, -0.2) is 11.9 Å². The summed E-state index contributed by atoms with van der Waals surface area (Å²) >= 11 is 3.45. The van der Waals surface area contributed by atoms with Crippen LogP contribution in [0, 0.1) is 6.92 Å². The Balaban J connectivity index is 1.46. The normalized spacial score (nSPS) is 14.6. The summed E-state index contributed by atoms with van der Waals surface area (Å²) in [6.07, 6.45) is 1.70. The molecule has 1 aliphatic rings. The third-order valence-corrected chi connectivity index (χ3v) is 5.13. The predicted octanol–water partition coefficient (Wildman–Crippen LogP) is 5.68. The third kappa shape index (κ3) is 4.63. The van der Waals surface area contributed by atoms with Crippen molar-refractivity contribution in [3.8, 4) is 5.75 Å². The molecule has 4 nitrogen and oxygen atoms in total. The number of carbonyl (C=O) groups is 1. The summed E-state index contributed by atoms with van der Waals surface area (Å²) in [5.41, 5.74) is 4.19. The predicted molar refractivity (Wildman–Crippen MR) is 117 cm³/mol. The first-order valence-electron chi connectivity index (χ1n) is 9.14. The van der Waals surface area contributed by atoms with Gasteiger partial charge in [0.1, 0.15) is 12.4 Å². The number of cyclic esters (lactones) is 1. The van der Waals surface area contributed by atoms with E-state index in [0.29, 0.717) is 12.5 Å². The number of benzene rings is 3. The molecule has 0 fully saturated rings. The molecule has 0 aromatic heterocycles. The van der Waals surface area contributed by atoms with Crippen LogP contribution in [0.1, 0.15) is 22.3 Å². The molecular weight excluding hydrogens is 430 g/mol. The molecule has 0 saturated carbocycles. The van der Waals surface area contributed by atoms with Crippen molar-refractivity contribution in [1.82, 2.24) is 0 Å². The minimum Gasteiger partial charge on any atom is -0.489 e. The topological polar surface area (TPSA) is 47.9 Å². The van der Waals surface area contributed by atoms with E-state index in [4.69, 9.17) is 9.47 Å². The Morgan fingerprint density at radius 3 is 2.45 bits per heavy atom. The third-order valence-electron chi connectivity index (χ3n) is 4.43. The van der Waals surface area contributed by atoms with Gasteiger partial charge in [0.25, 0.3) is 0 Å². The van der Waals surface area contributed by atoms with Gasteiger partial charge in [0, 0.05) is 4.47 Å². The molecule has 0 saturated heterocycles. The van der Waals surface area contributed by atoms with Gasteiger partial charge in [0.05, 0.1) is 5.56 Å². The molecule has 0 bridgehead atoms. The summed E-state index contributed by atoms with van der Waals surface area (Å²) in [5.74, 6) is 0.598. The van der Waals surface area contributed by atoms with Crippen LogP contribution in [-0.2, 0) is 16.1 Å². The molecule has 0 N–H and O–H groups in total. The van der Waals surface area contributed by atoms with E-state index in [0.717, 1.165) is 26.9 Å². The van der Waals surface area contributed by atoms with Crippen LogP contribution >= 0.6 is 15.9 Å². The minimum atomic E-state index is -0.463. The SMILES string of the molecule is Cc1ccc(COc2ccc(/C=C3\N=C(c4ccccc4Br)OC3=O)cc2)cc1. The molecule has 1 aliphatic heterocycles. The molecule has 3 aromatic carbocycles. The summed E-state index contributed by atoms with van der Waals surface area (Å²) < 4.78 is 12.0. The summed E-state index contributed by atoms with van der Waals surface area (Å²) in [4.78, 5) is 16.5. The molecule has 0 unspecified atom stereocenters. The molecule has 4 rings (SSSR count). The zero-order chi connectivity index (χ0) is 20.2. The quantitative estimate of drug-likeness (QED) is 0.373. The van der Waals surface area contributed by atoms with Crippen LogP contribution in [0.2, 0.25) is 0 Å². The van der Waals surface area contributed by atoms with Gasteiger partial charge in [-0.1, -0.05) is 54.1 Å². The fourth-order valence-electron chi connectivity index (χ4n) is 2.83. The number of ether oxygens (including phenoxy) is 2. The minimum absolute atomic E-state index is 0.268. The van der Waals surface area contributed by atoms with Crippen molar-refractivity contribution in [1.29, 1.82) is 0 Å². The number of halogens is 1. The van der Waals surface area contributed by atoms with E-state index >= 15 is 0 Å². The second kappa shape index (κ2) is 8.45. The Hall–Kier alpha value is -3.18. The van der Waals surface area contributed by atoms with E-state index in [9.17, 15) is 4.79 Å². The second-order valence-electron chi connectivity index (χ2n) is 6.66. The summed E-state index contributed by atoms with van der Waals surface area (Å²) in [5, 5.41) is 0. The monoisotopic (exact) mass is 447 g/mol. The van der Waals surface area contributed by atoms with Crippen LogP contribution in [0.5, 0.6) is 5.75 Å². The number of esters is 1. The lowest BCUT2D eigenvalue weighted by Crippen LogP contribution is -2.05. The van der Waals surface area contributed by atoms with Crippen LogP contribution in [0.3, 0.4) is 0 Å². The smallest absolute Gasteiger partial charge is 0.363 e. The molecule has 0 radical (unpaired) electrons. The van der Waals surface area contributed by atoms with E-state index in [2.05, 4.69) is 52.1 Å². The molecule has 3 aromatic rings. The van der Waals surface area contributed by atoms with E-state index in [-0.39, 0.29) is 5.70 Å². The number of carbonyl (C=O) groups excluding carboxylic acids is 1. The van der Waals surface area contributed by atoms with E-state index in [1.54, 1.807) is 6.08 Å². The van der Waals surface area contributed by atoms with Gasteiger partial charge in [-0.15, -0.1) is 0 Å². The molecule has 29 heavy (non-hydrogen) atoms. The largest absolute Gasteiger partial charge is 0.489 e. The number of aryl methyl sites for hydroxylation is 1. The zero-order valence-corrected chi connectivity index (χ0v) is 17.3. The van der Waals surface area contributed by atoms with Crippen molar-refractivity contribution in [2.75, 3.05) is 0 Å². The average molecular weight is 448 g/mol. The Bertz CT molecular complexity index is 1100. The Kier molecular flexibility index (Phi) is 5.58. The molecule has 144 valence electrons. The molecule has 0 aliphatic carbocycles. The first kappa shape index (κ1) is 19.2. The van der Waals surface area contributed by atoms with Gasteiger partial charge < -0.3 is 9.47 Å². The lowest BCUT2D eigenvalue weighted by Gasteiger charge is -2.07. The molecule has 1 heterocycles. The van der Waals surface area contributed by atoms with Crippen LogP contribution in [0.4, 0.5) is 0 Å². The van der Waals surface area contributed by atoms with Gasteiger partial charge in [0.15, 0.2) is 5.70 Å².